The molecule has 0 aliphatic carbocycles. The lowest BCUT2D eigenvalue weighted by molar-refractivity contribution is -0.132. The zero-order chi connectivity index (χ0) is 14.0. The highest BCUT2D eigenvalue weighted by molar-refractivity contribution is 6.30. The van der Waals surface area contributed by atoms with Crippen LogP contribution in [-0.4, -0.2) is 36.6 Å². The topological polar surface area (TPSA) is 41.6 Å². The van der Waals surface area contributed by atoms with Gasteiger partial charge in [0.15, 0.2) is 0 Å². The molecule has 1 aliphatic heterocycles. The summed E-state index contributed by atoms with van der Waals surface area (Å²) >= 11 is 5.90. The Morgan fingerprint density at radius 3 is 2.63 bits per heavy atom. The van der Waals surface area contributed by atoms with Crippen molar-refractivity contribution < 1.29 is 9.53 Å². The van der Waals surface area contributed by atoms with Crippen molar-refractivity contribution >= 4 is 17.5 Å². The van der Waals surface area contributed by atoms with E-state index in [1.807, 2.05) is 43.0 Å². The van der Waals surface area contributed by atoms with Gasteiger partial charge in [0, 0.05) is 12.1 Å². The summed E-state index contributed by atoms with van der Waals surface area (Å²) in [6.07, 6.45) is -0.120. The van der Waals surface area contributed by atoms with Crippen molar-refractivity contribution in [2.45, 2.75) is 32.1 Å². The maximum atomic E-state index is 12.3. The first-order valence-corrected chi connectivity index (χ1v) is 6.75. The van der Waals surface area contributed by atoms with Gasteiger partial charge < -0.3 is 9.64 Å². The maximum Gasteiger partial charge on any atom is 0.241 e. The quantitative estimate of drug-likeness (QED) is 0.920. The molecule has 0 spiro atoms. The highest BCUT2D eigenvalue weighted by Crippen LogP contribution is 2.28. The lowest BCUT2D eigenvalue weighted by Gasteiger charge is -2.30. The van der Waals surface area contributed by atoms with Crippen LogP contribution >= 0.6 is 11.6 Å². The van der Waals surface area contributed by atoms with Gasteiger partial charge in [-0.25, -0.2) is 0 Å². The third kappa shape index (κ3) is 2.91. The fourth-order valence-electron chi connectivity index (χ4n) is 2.43. The average molecular weight is 283 g/mol. The minimum absolute atomic E-state index is 0.0237. The molecule has 0 bridgehead atoms. The Kier molecular flexibility index (Phi) is 4.45. The number of amides is 1. The zero-order valence-corrected chi connectivity index (χ0v) is 12.1. The van der Waals surface area contributed by atoms with Gasteiger partial charge in [0.25, 0.3) is 0 Å². The van der Waals surface area contributed by atoms with Gasteiger partial charge in [0.05, 0.1) is 18.7 Å². The Balaban J connectivity index is 2.26. The lowest BCUT2D eigenvalue weighted by Crippen LogP contribution is -2.40. The molecular weight excluding hydrogens is 264 g/mol. The van der Waals surface area contributed by atoms with Crippen LogP contribution in [0.2, 0.25) is 5.02 Å². The van der Waals surface area contributed by atoms with Crippen LogP contribution in [0.25, 0.3) is 0 Å². The molecule has 5 heteroatoms. The fourth-order valence-corrected chi connectivity index (χ4v) is 2.56. The largest absolute Gasteiger partial charge is 0.383 e. The van der Waals surface area contributed by atoms with Gasteiger partial charge in [-0.2, -0.15) is 0 Å². The third-order valence-corrected chi connectivity index (χ3v) is 3.63. The lowest BCUT2D eigenvalue weighted by atomic mass is 10.1. The molecule has 1 aromatic carbocycles. The van der Waals surface area contributed by atoms with Crippen molar-refractivity contribution in [2.75, 3.05) is 13.7 Å². The summed E-state index contributed by atoms with van der Waals surface area (Å²) < 4.78 is 5.16. The first kappa shape index (κ1) is 14.3. The summed E-state index contributed by atoms with van der Waals surface area (Å²) in [6, 6.07) is 7.40. The molecule has 4 nitrogen and oxygen atoms in total. The fraction of sp³-hybridized carbons (Fsp3) is 0.500. The minimum atomic E-state index is -0.181. The SMILES string of the molecule is COCC(C)N1C(=O)C(C)NC1c1ccc(Cl)cc1. The van der Waals surface area contributed by atoms with E-state index < -0.39 is 0 Å². The number of nitrogens with one attached hydrogen (secondary N) is 1. The van der Waals surface area contributed by atoms with Crippen molar-refractivity contribution in [2.24, 2.45) is 0 Å². The Bertz CT molecular complexity index is 449. The second-order valence-corrected chi connectivity index (χ2v) is 5.33. The van der Waals surface area contributed by atoms with Gasteiger partial charge in [0.2, 0.25) is 5.91 Å². The standard InChI is InChI=1S/C14H19ClN2O2/c1-9(8-19-3)17-13(16-10(2)14(17)18)11-4-6-12(15)7-5-11/h4-7,9-10,13,16H,8H2,1-3H3. The van der Waals surface area contributed by atoms with Crippen LogP contribution in [0.3, 0.4) is 0 Å². The molecule has 0 saturated carbocycles. The summed E-state index contributed by atoms with van der Waals surface area (Å²) in [7, 11) is 1.64. The average Bonchev–Trinajstić information content (AvgIpc) is 2.67. The first-order chi connectivity index (χ1) is 9.04. The van der Waals surface area contributed by atoms with E-state index in [-0.39, 0.29) is 24.2 Å². The number of carbonyl (C=O) groups excluding carboxylic acids is 1. The number of rotatable bonds is 4. The molecule has 1 N–H and O–H groups in total. The van der Waals surface area contributed by atoms with E-state index in [9.17, 15) is 4.79 Å². The Morgan fingerprint density at radius 1 is 1.42 bits per heavy atom. The van der Waals surface area contributed by atoms with Crippen LogP contribution in [0.1, 0.15) is 25.6 Å². The van der Waals surface area contributed by atoms with Crippen molar-refractivity contribution in [3.8, 4) is 0 Å². The normalized spacial score (nSPS) is 24.8. The smallest absolute Gasteiger partial charge is 0.241 e. The molecule has 0 aromatic heterocycles. The van der Waals surface area contributed by atoms with E-state index in [2.05, 4.69) is 5.32 Å². The number of carbonyl (C=O) groups is 1. The first-order valence-electron chi connectivity index (χ1n) is 6.37. The molecule has 1 heterocycles. The van der Waals surface area contributed by atoms with Crippen LogP contribution in [0.5, 0.6) is 0 Å². The third-order valence-electron chi connectivity index (χ3n) is 3.38. The van der Waals surface area contributed by atoms with Crippen molar-refractivity contribution in [1.29, 1.82) is 0 Å². The summed E-state index contributed by atoms with van der Waals surface area (Å²) in [6.45, 7) is 4.39. The van der Waals surface area contributed by atoms with Crippen LogP contribution in [-0.2, 0) is 9.53 Å². The number of nitrogens with zero attached hydrogens (tertiary/aromatic N) is 1. The predicted molar refractivity (Wildman–Crippen MR) is 75.0 cm³/mol. The molecule has 1 aliphatic rings. The van der Waals surface area contributed by atoms with Crippen LogP contribution in [0.15, 0.2) is 24.3 Å². The highest BCUT2D eigenvalue weighted by atomic mass is 35.5. The van der Waals surface area contributed by atoms with E-state index in [1.54, 1.807) is 7.11 Å². The molecule has 1 fully saturated rings. The summed E-state index contributed by atoms with van der Waals surface area (Å²) in [5, 5.41) is 4.00. The van der Waals surface area contributed by atoms with E-state index in [0.717, 1.165) is 5.56 Å². The second-order valence-electron chi connectivity index (χ2n) is 4.89. The summed E-state index contributed by atoms with van der Waals surface area (Å²) in [5.41, 5.74) is 1.03. The molecule has 104 valence electrons. The Morgan fingerprint density at radius 2 is 2.05 bits per heavy atom. The number of ether oxygens (including phenoxy) is 1. The summed E-state index contributed by atoms with van der Waals surface area (Å²) in [5.74, 6) is 0.101. The van der Waals surface area contributed by atoms with E-state index in [0.29, 0.717) is 11.6 Å². The second kappa shape index (κ2) is 5.90. The Labute approximate surface area is 118 Å². The molecule has 19 heavy (non-hydrogen) atoms. The summed E-state index contributed by atoms with van der Waals surface area (Å²) in [4.78, 5) is 14.1. The minimum Gasteiger partial charge on any atom is -0.383 e. The number of hydrogen-bond acceptors (Lipinski definition) is 3. The number of benzene rings is 1. The molecule has 0 radical (unpaired) electrons. The van der Waals surface area contributed by atoms with Gasteiger partial charge in [-0.15, -0.1) is 0 Å². The van der Waals surface area contributed by atoms with Gasteiger partial charge in [-0.1, -0.05) is 23.7 Å². The van der Waals surface area contributed by atoms with Crippen LogP contribution < -0.4 is 5.32 Å². The Hall–Kier alpha value is -1.10. The van der Waals surface area contributed by atoms with Crippen LogP contribution in [0.4, 0.5) is 0 Å². The van der Waals surface area contributed by atoms with Gasteiger partial charge in [0.1, 0.15) is 6.17 Å². The van der Waals surface area contributed by atoms with E-state index in [4.69, 9.17) is 16.3 Å². The zero-order valence-electron chi connectivity index (χ0n) is 11.4. The van der Waals surface area contributed by atoms with E-state index >= 15 is 0 Å². The molecule has 1 aromatic rings. The molecule has 3 unspecified atom stereocenters. The predicted octanol–water partition coefficient (Wildman–Crippen LogP) is 2.19. The molecular formula is C14H19ClN2O2. The molecule has 1 amide bonds. The van der Waals surface area contributed by atoms with Gasteiger partial charge >= 0.3 is 0 Å². The number of hydrogen-bond donors (Lipinski definition) is 1. The van der Waals surface area contributed by atoms with E-state index in [1.165, 1.54) is 0 Å². The van der Waals surface area contributed by atoms with Gasteiger partial charge in [-0.3, -0.25) is 10.1 Å². The van der Waals surface area contributed by atoms with Crippen molar-refractivity contribution in [3.05, 3.63) is 34.9 Å². The monoisotopic (exact) mass is 282 g/mol. The molecule has 2 rings (SSSR count). The van der Waals surface area contributed by atoms with Gasteiger partial charge in [-0.05, 0) is 31.5 Å². The van der Waals surface area contributed by atoms with Crippen molar-refractivity contribution in [3.63, 3.8) is 0 Å². The van der Waals surface area contributed by atoms with Crippen LogP contribution in [0, 0.1) is 0 Å². The number of methoxy groups -OCH3 is 1. The highest BCUT2D eigenvalue weighted by Gasteiger charge is 2.39. The maximum absolute atomic E-state index is 12.3. The molecule has 3 atom stereocenters. The molecule has 1 saturated heterocycles. The van der Waals surface area contributed by atoms with Crippen molar-refractivity contribution in [1.82, 2.24) is 10.2 Å². The number of halogens is 1.